The van der Waals surface area contributed by atoms with E-state index in [2.05, 4.69) is 33.2 Å². The van der Waals surface area contributed by atoms with Crippen molar-refractivity contribution in [1.29, 1.82) is 0 Å². The predicted octanol–water partition coefficient (Wildman–Crippen LogP) is 2.15. The van der Waals surface area contributed by atoms with Gasteiger partial charge in [-0.3, -0.25) is 0 Å². The van der Waals surface area contributed by atoms with E-state index in [1.807, 2.05) is 0 Å². The summed E-state index contributed by atoms with van der Waals surface area (Å²) in [5.74, 6) is 1.13. The third-order valence-corrected chi connectivity index (χ3v) is 4.48. The molecule has 1 aromatic heterocycles. The maximum absolute atomic E-state index is 4.52. The van der Waals surface area contributed by atoms with Crippen molar-refractivity contribution < 1.29 is 0 Å². The molecule has 104 valence electrons. The lowest BCUT2D eigenvalue weighted by Gasteiger charge is -2.40. The Labute approximate surface area is 115 Å². The number of nitrogens with zero attached hydrogens (tertiary/aromatic N) is 3. The fraction of sp³-hybridized carbons (Fsp3) is 0.733. The normalized spacial score (nSPS) is 27.7. The zero-order valence-corrected chi connectivity index (χ0v) is 11.8. The molecule has 1 N–H and O–H groups in total. The minimum Gasteiger partial charge on any atom is -0.352 e. The molecule has 1 aromatic rings. The molecular weight excluding hydrogens is 236 g/mol. The van der Waals surface area contributed by atoms with Gasteiger partial charge in [0, 0.05) is 30.4 Å². The molecule has 2 aliphatic heterocycles. The summed E-state index contributed by atoms with van der Waals surface area (Å²) in [6.07, 6.45) is 9.27. The van der Waals surface area contributed by atoms with Gasteiger partial charge in [-0.15, -0.1) is 0 Å². The third kappa shape index (κ3) is 2.73. The van der Waals surface area contributed by atoms with Crippen LogP contribution >= 0.6 is 0 Å². The lowest BCUT2D eigenvalue weighted by atomic mass is 9.94. The molecule has 4 heteroatoms. The maximum atomic E-state index is 4.52. The maximum Gasteiger partial charge on any atom is 0.132 e. The van der Waals surface area contributed by atoms with Crippen molar-refractivity contribution in [3.63, 3.8) is 0 Å². The van der Waals surface area contributed by atoms with Crippen LogP contribution in [0.3, 0.4) is 0 Å². The first-order valence-electron chi connectivity index (χ1n) is 7.69. The number of aromatic nitrogens is 2. The quantitative estimate of drug-likeness (QED) is 0.904. The summed E-state index contributed by atoms with van der Waals surface area (Å²) in [7, 11) is 0. The van der Waals surface area contributed by atoms with Gasteiger partial charge >= 0.3 is 0 Å². The van der Waals surface area contributed by atoms with Crippen LogP contribution in [0, 0.1) is 0 Å². The molecule has 0 radical (unpaired) electrons. The van der Waals surface area contributed by atoms with Crippen LogP contribution in [0.15, 0.2) is 12.4 Å². The van der Waals surface area contributed by atoms with Crippen molar-refractivity contribution in [2.24, 2.45) is 0 Å². The van der Waals surface area contributed by atoms with Gasteiger partial charge in [-0.1, -0.05) is 6.92 Å². The van der Waals surface area contributed by atoms with E-state index < -0.39 is 0 Å². The number of nitrogens with one attached hydrogen (secondary N) is 1. The lowest BCUT2D eigenvalue weighted by Crippen LogP contribution is -2.50. The number of hydrogen-bond donors (Lipinski definition) is 1. The number of aryl methyl sites for hydroxylation is 1. The SMILES string of the molecule is CCc1cc(N2CCCCC2C2CCCN2)ncn1. The first-order valence-corrected chi connectivity index (χ1v) is 7.69. The van der Waals surface area contributed by atoms with Crippen molar-refractivity contribution in [3.05, 3.63) is 18.1 Å². The fourth-order valence-corrected chi connectivity index (χ4v) is 3.44. The second kappa shape index (κ2) is 5.87. The number of hydrogen-bond acceptors (Lipinski definition) is 4. The molecule has 2 fully saturated rings. The van der Waals surface area contributed by atoms with Crippen molar-refractivity contribution in [3.8, 4) is 0 Å². The lowest BCUT2D eigenvalue weighted by molar-refractivity contribution is 0.376. The van der Waals surface area contributed by atoms with Gasteiger partial charge < -0.3 is 10.2 Å². The summed E-state index contributed by atoms with van der Waals surface area (Å²) < 4.78 is 0. The Morgan fingerprint density at radius 3 is 3.00 bits per heavy atom. The summed E-state index contributed by atoms with van der Waals surface area (Å²) in [5.41, 5.74) is 1.15. The summed E-state index contributed by atoms with van der Waals surface area (Å²) in [6.45, 7) is 4.47. The topological polar surface area (TPSA) is 41.0 Å². The summed E-state index contributed by atoms with van der Waals surface area (Å²) in [6, 6.07) is 3.45. The van der Waals surface area contributed by atoms with Crippen LogP contribution < -0.4 is 10.2 Å². The van der Waals surface area contributed by atoms with E-state index in [0.29, 0.717) is 12.1 Å². The van der Waals surface area contributed by atoms with Crippen LogP contribution in [-0.4, -0.2) is 35.1 Å². The molecule has 0 saturated carbocycles. The van der Waals surface area contributed by atoms with Gasteiger partial charge in [-0.05, 0) is 45.1 Å². The summed E-state index contributed by atoms with van der Waals surface area (Å²) >= 11 is 0. The van der Waals surface area contributed by atoms with Crippen LogP contribution in [0.2, 0.25) is 0 Å². The fourth-order valence-electron chi connectivity index (χ4n) is 3.44. The van der Waals surface area contributed by atoms with E-state index in [1.54, 1.807) is 6.33 Å². The third-order valence-electron chi connectivity index (χ3n) is 4.48. The molecule has 0 aliphatic carbocycles. The predicted molar refractivity (Wildman–Crippen MR) is 77.4 cm³/mol. The highest BCUT2D eigenvalue weighted by molar-refractivity contribution is 5.41. The molecule has 2 saturated heterocycles. The van der Waals surface area contributed by atoms with Crippen molar-refractivity contribution >= 4 is 5.82 Å². The molecule has 0 amide bonds. The minimum atomic E-state index is 0.621. The van der Waals surface area contributed by atoms with Crippen molar-refractivity contribution in [2.75, 3.05) is 18.0 Å². The van der Waals surface area contributed by atoms with Gasteiger partial charge in [0.1, 0.15) is 12.1 Å². The Balaban J connectivity index is 1.82. The Morgan fingerprint density at radius 1 is 1.26 bits per heavy atom. The van der Waals surface area contributed by atoms with Gasteiger partial charge in [0.25, 0.3) is 0 Å². The zero-order chi connectivity index (χ0) is 13.1. The monoisotopic (exact) mass is 260 g/mol. The van der Waals surface area contributed by atoms with Crippen molar-refractivity contribution in [2.45, 2.75) is 57.5 Å². The highest BCUT2D eigenvalue weighted by Gasteiger charge is 2.32. The Kier molecular flexibility index (Phi) is 3.97. The van der Waals surface area contributed by atoms with Gasteiger partial charge in [0.15, 0.2) is 0 Å². The Morgan fingerprint density at radius 2 is 2.21 bits per heavy atom. The van der Waals surface area contributed by atoms with E-state index in [0.717, 1.165) is 24.5 Å². The number of piperidine rings is 1. The summed E-state index contributed by atoms with van der Waals surface area (Å²) in [5, 5.41) is 3.67. The first kappa shape index (κ1) is 12.9. The van der Waals surface area contributed by atoms with E-state index in [9.17, 15) is 0 Å². The zero-order valence-electron chi connectivity index (χ0n) is 11.8. The second-order valence-corrected chi connectivity index (χ2v) is 5.68. The van der Waals surface area contributed by atoms with Gasteiger partial charge in [0.05, 0.1) is 0 Å². The minimum absolute atomic E-state index is 0.621. The average molecular weight is 260 g/mol. The van der Waals surface area contributed by atoms with E-state index in [-0.39, 0.29) is 0 Å². The van der Waals surface area contributed by atoms with E-state index in [1.165, 1.54) is 38.6 Å². The molecule has 19 heavy (non-hydrogen) atoms. The van der Waals surface area contributed by atoms with Gasteiger partial charge in [0.2, 0.25) is 0 Å². The van der Waals surface area contributed by atoms with Crippen LogP contribution in [0.1, 0.15) is 44.7 Å². The number of rotatable bonds is 3. The van der Waals surface area contributed by atoms with Crippen molar-refractivity contribution in [1.82, 2.24) is 15.3 Å². The molecule has 0 aromatic carbocycles. The molecule has 0 bridgehead atoms. The Hall–Kier alpha value is -1.16. The Bertz CT molecular complexity index is 414. The average Bonchev–Trinajstić information content (AvgIpc) is 3.01. The molecule has 3 rings (SSSR count). The molecule has 2 unspecified atom stereocenters. The second-order valence-electron chi connectivity index (χ2n) is 5.68. The highest BCUT2D eigenvalue weighted by atomic mass is 15.2. The van der Waals surface area contributed by atoms with Crippen LogP contribution in [0.4, 0.5) is 5.82 Å². The van der Waals surface area contributed by atoms with Gasteiger partial charge in [-0.2, -0.15) is 0 Å². The largest absolute Gasteiger partial charge is 0.352 e. The van der Waals surface area contributed by atoms with Gasteiger partial charge in [-0.25, -0.2) is 9.97 Å². The molecule has 2 aliphatic rings. The van der Waals surface area contributed by atoms with Crippen LogP contribution in [0.25, 0.3) is 0 Å². The van der Waals surface area contributed by atoms with Crippen LogP contribution in [-0.2, 0) is 6.42 Å². The van der Waals surface area contributed by atoms with Crippen LogP contribution in [0.5, 0.6) is 0 Å². The highest BCUT2D eigenvalue weighted by Crippen LogP contribution is 2.28. The van der Waals surface area contributed by atoms with E-state index in [4.69, 9.17) is 0 Å². The first-order chi connectivity index (χ1) is 9.38. The molecule has 0 spiro atoms. The molecule has 2 atom stereocenters. The summed E-state index contributed by atoms with van der Waals surface area (Å²) in [4.78, 5) is 11.4. The number of anilines is 1. The standard InChI is InChI=1S/C15H24N4/c1-2-12-10-15(18-11-17-12)19-9-4-3-7-14(19)13-6-5-8-16-13/h10-11,13-14,16H,2-9H2,1H3. The van der Waals surface area contributed by atoms with E-state index >= 15 is 0 Å². The smallest absolute Gasteiger partial charge is 0.132 e. The molecular formula is C15H24N4. The molecule has 3 heterocycles. The molecule has 4 nitrogen and oxygen atoms in total.